The molecule has 0 amide bonds. The molecule has 0 atom stereocenters. The van der Waals surface area contributed by atoms with Crippen molar-refractivity contribution in [2.45, 2.75) is 19.4 Å². The number of rotatable bonds is 2. The van der Waals surface area contributed by atoms with Crippen molar-refractivity contribution in [1.82, 2.24) is 0 Å². The summed E-state index contributed by atoms with van der Waals surface area (Å²) in [6, 6.07) is 0. The van der Waals surface area contributed by atoms with Gasteiger partial charge in [-0.3, -0.25) is 0 Å². The van der Waals surface area contributed by atoms with E-state index >= 15 is 0 Å². The van der Waals surface area contributed by atoms with E-state index < -0.39 is 7.81 Å². The third-order valence-electron chi connectivity index (χ3n) is 0.598. The average molecular weight is 287 g/mol. The predicted molar refractivity (Wildman–Crippen MR) is 49.6 cm³/mol. The van der Waals surface area contributed by atoms with Crippen molar-refractivity contribution in [3.05, 3.63) is 0 Å². The van der Waals surface area contributed by atoms with E-state index in [4.69, 9.17) is 15.8 Å². The average Bonchev–Trinajstić information content (AvgIpc) is 1.81. The molecule has 0 radical (unpaired) electrons. The van der Waals surface area contributed by atoms with Gasteiger partial charge in [0.15, 0.2) is 0 Å². The summed E-state index contributed by atoms with van der Waals surface area (Å²) in [5.41, 5.74) is -0.238. The van der Waals surface area contributed by atoms with Crippen LogP contribution in [0.2, 0.25) is 0 Å². The molecule has 0 aliphatic carbocycles. The fraction of sp³-hybridized carbons (Fsp3) is 1.00. The van der Waals surface area contributed by atoms with Crippen LogP contribution in [-0.4, -0.2) is 11.5 Å². The van der Waals surface area contributed by atoms with E-state index in [0.29, 0.717) is 5.88 Å². The Hall–Kier alpha value is 0.610. The Labute approximate surface area is 87.6 Å². The Morgan fingerprint density at radius 1 is 1.14 bits per heavy atom. The third kappa shape index (κ3) is 38.9. The van der Waals surface area contributed by atoms with Crippen molar-refractivity contribution in [2.24, 2.45) is 0 Å². The van der Waals surface area contributed by atoms with Crippen molar-refractivity contribution in [1.29, 1.82) is 0 Å². The van der Waals surface area contributed by atoms with Crippen molar-refractivity contribution >= 4 is 32.3 Å². The summed E-state index contributed by atoms with van der Waals surface area (Å²) in [4.78, 5) is 0. The predicted octanol–water partition coefficient (Wildman–Crippen LogP) is 4.33. The van der Waals surface area contributed by atoms with Crippen LogP contribution in [-0.2, 0) is 17.1 Å². The van der Waals surface area contributed by atoms with Gasteiger partial charge in [-0.15, -0.1) is 11.6 Å². The molecule has 0 unspecified atom stereocenters. The van der Waals surface area contributed by atoms with Gasteiger partial charge in [-0.1, -0.05) is 0 Å². The van der Waals surface area contributed by atoms with Gasteiger partial charge >= 0.3 is 33.0 Å². The van der Waals surface area contributed by atoms with Crippen molar-refractivity contribution in [2.75, 3.05) is 5.88 Å². The van der Waals surface area contributed by atoms with Gasteiger partial charge in [0.1, 0.15) is 18.5 Å². The van der Waals surface area contributed by atoms with Gasteiger partial charge in [0.25, 0.3) is 0 Å². The fourth-order valence-electron chi connectivity index (χ4n) is 0.0273. The number of alkyl halides is 1. The van der Waals surface area contributed by atoms with E-state index in [2.05, 4.69) is 12.9 Å². The van der Waals surface area contributed by atoms with Crippen LogP contribution in [0, 0.1) is 0 Å². The Morgan fingerprint density at radius 3 is 1.36 bits per heavy atom. The molecule has 0 aromatic carbocycles. The van der Waals surface area contributed by atoms with Crippen LogP contribution >= 0.6 is 19.4 Å². The van der Waals surface area contributed by atoms with Crippen molar-refractivity contribution in [3.63, 3.8) is 0 Å². The molecular weight excluding hydrogens is 277 g/mol. The van der Waals surface area contributed by atoms with Crippen LogP contribution in [0.4, 0.5) is 25.2 Å². The molecule has 0 rings (SSSR count). The van der Waals surface area contributed by atoms with Gasteiger partial charge in [0.05, 0.1) is 5.88 Å². The zero-order valence-electron chi connectivity index (χ0n) is 7.21. The van der Waals surface area contributed by atoms with Gasteiger partial charge in [0, 0.05) is 0 Å². The van der Waals surface area contributed by atoms with E-state index in [9.17, 15) is 25.2 Å². The zero-order valence-corrected chi connectivity index (χ0v) is 9.86. The van der Waals surface area contributed by atoms with E-state index in [1.807, 2.05) is 13.8 Å². The number of halogens is 7. The molecule has 0 aromatic heterocycles. The maximum atomic E-state index is 9.87. The summed E-state index contributed by atoms with van der Waals surface area (Å²) >= 11 is 8.33. The Bertz CT molecular complexity index is 169. The second-order valence-electron chi connectivity index (χ2n) is 2.95. The van der Waals surface area contributed by atoms with Gasteiger partial charge in [-0.2, -0.15) is 4.18 Å². The van der Waals surface area contributed by atoms with E-state index in [-0.39, 0.29) is 5.60 Å². The fourth-order valence-corrected chi connectivity index (χ4v) is 0.245. The molecule has 0 saturated heterocycles. The summed E-state index contributed by atoms with van der Waals surface area (Å²) < 4.78 is 64.0. The maximum absolute atomic E-state index is 10.7. The topological polar surface area (TPSA) is 9.23 Å². The molecule has 0 aliphatic rings. The van der Waals surface area contributed by atoms with Crippen LogP contribution in [0.5, 0.6) is 0 Å². The zero-order chi connectivity index (χ0) is 12.3. The molecule has 0 fully saturated rings. The van der Waals surface area contributed by atoms with Crippen LogP contribution in [0.1, 0.15) is 13.8 Å². The second kappa shape index (κ2) is 3.88. The van der Waals surface area contributed by atoms with Crippen molar-refractivity contribution in [3.8, 4) is 0 Å². The van der Waals surface area contributed by atoms with Gasteiger partial charge in [0.2, 0.25) is 0 Å². The molecule has 0 aromatic rings. The minimum absolute atomic E-state index is 0.238. The summed E-state index contributed by atoms with van der Waals surface area (Å²) in [6.07, 6.45) is 0. The van der Waals surface area contributed by atoms with Crippen molar-refractivity contribution < 1.29 is 29.4 Å². The monoisotopic (exact) mass is 286 g/mol. The number of hydrogen-bond donors (Lipinski definition) is 0. The summed E-state index contributed by atoms with van der Waals surface area (Å²) in [6.45, 7) is 3.79. The van der Waals surface area contributed by atoms with E-state index in [1.165, 1.54) is 0 Å². The van der Waals surface area contributed by atoms with Gasteiger partial charge in [-0.05, 0) is 13.8 Å². The summed E-state index contributed by atoms with van der Waals surface area (Å²) in [5, 5.41) is 0. The molecule has 14 heavy (non-hydrogen) atoms. The first-order valence-corrected chi connectivity index (χ1v) is 6.01. The quantitative estimate of drug-likeness (QED) is 0.318. The SMILES string of the molecule is CC(C)(CCl)O[SH2+].F[P-](F)(F)(F)(F)F. The van der Waals surface area contributed by atoms with E-state index in [0.717, 1.165) is 0 Å². The third-order valence-corrected chi connectivity index (χ3v) is 1.79. The van der Waals surface area contributed by atoms with E-state index in [1.54, 1.807) is 0 Å². The van der Waals surface area contributed by atoms with Crippen LogP contribution in [0.15, 0.2) is 0 Å². The molecule has 0 bridgehead atoms. The summed E-state index contributed by atoms with van der Waals surface area (Å²) in [5.74, 6) is 0.497. The van der Waals surface area contributed by atoms with Crippen LogP contribution < -0.4 is 0 Å². The van der Waals surface area contributed by atoms with Gasteiger partial charge in [-0.25, -0.2) is 0 Å². The van der Waals surface area contributed by atoms with Crippen LogP contribution in [0.3, 0.4) is 0 Å². The molecule has 0 saturated carbocycles. The second-order valence-corrected chi connectivity index (χ2v) is 5.34. The first kappa shape index (κ1) is 17.0. The molecule has 1 nitrogen and oxygen atoms in total. The molecule has 0 N–H and O–H groups in total. The Kier molecular flexibility index (Phi) is 4.72. The molecule has 0 heterocycles. The summed E-state index contributed by atoms with van der Waals surface area (Å²) in [7, 11) is -10.7. The molecule has 92 valence electrons. The Morgan fingerprint density at radius 2 is 1.36 bits per heavy atom. The minimum atomic E-state index is -10.7. The molecular formula is C4H10ClF6OPS. The number of hydrogen-bond acceptors (Lipinski definition) is 1. The van der Waals surface area contributed by atoms with Crippen LogP contribution in [0.25, 0.3) is 0 Å². The first-order valence-electron chi connectivity index (χ1n) is 3.04. The molecule has 0 aliphatic heterocycles. The molecule has 10 heteroatoms. The Balaban J connectivity index is 0. The standard InChI is InChI=1S/C4H9ClOS.F6P/c1-4(2,3-5)6-7;1-7(2,3,4,5)6/h7H,3H2,1-2H3;/q;-1/p+1. The normalized spacial score (nSPS) is 17.6. The van der Waals surface area contributed by atoms with Gasteiger partial charge < -0.3 is 0 Å². The first-order chi connectivity index (χ1) is 5.57. The molecule has 0 spiro atoms.